The van der Waals surface area contributed by atoms with Gasteiger partial charge in [0, 0.05) is 5.92 Å². The van der Waals surface area contributed by atoms with Crippen molar-refractivity contribution in [2.24, 2.45) is 11.8 Å². The fourth-order valence-corrected chi connectivity index (χ4v) is 2.99. The van der Waals surface area contributed by atoms with Crippen LogP contribution in [0.1, 0.15) is 37.4 Å². The molecule has 0 amide bonds. The maximum Gasteiger partial charge on any atom is 0.392 e. The predicted octanol–water partition coefficient (Wildman–Crippen LogP) is 4.10. The lowest BCUT2D eigenvalue weighted by atomic mass is 9.74. The lowest BCUT2D eigenvalue weighted by molar-refractivity contribution is -0.207. The van der Waals surface area contributed by atoms with Crippen LogP contribution in [0.3, 0.4) is 0 Å². The number of aliphatic hydroxyl groups excluding tert-OH is 1. The van der Waals surface area contributed by atoms with Crippen molar-refractivity contribution in [2.45, 2.75) is 38.0 Å². The summed E-state index contributed by atoms with van der Waals surface area (Å²) in [5, 5.41) is 10.3. The van der Waals surface area contributed by atoms with E-state index in [-0.39, 0.29) is 6.42 Å². The highest BCUT2D eigenvalue weighted by Gasteiger charge is 2.47. The maximum atomic E-state index is 13.1. The zero-order valence-corrected chi connectivity index (χ0v) is 11.4. The molecular weight excluding hydrogens is 269 g/mol. The fourth-order valence-electron chi connectivity index (χ4n) is 2.99. The maximum absolute atomic E-state index is 13.1. The van der Waals surface area contributed by atoms with Gasteiger partial charge in [-0.1, -0.05) is 25.0 Å². The number of alkyl halides is 3. The van der Waals surface area contributed by atoms with Crippen LogP contribution in [0.5, 0.6) is 5.75 Å². The second-order valence-corrected chi connectivity index (χ2v) is 5.31. The molecule has 2 nitrogen and oxygen atoms in total. The third-order valence-corrected chi connectivity index (χ3v) is 4.10. The van der Waals surface area contributed by atoms with Gasteiger partial charge in [-0.3, -0.25) is 0 Å². The van der Waals surface area contributed by atoms with E-state index in [1.807, 2.05) is 0 Å². The van der Waals surface area contributed by atoms with E-state index >= 15 is 0 Å². The van der Waals surface area contributed by atoms with E-state index in [4.69, 9.17) is 4.74 Å². The summed E-state index contributed by atoms with van der Waals surface area (Å²) in [6, 6.07) is 6.57. The Labute approximate surface area is 116 Å². The molecule has 1 N–H and O–H groups in total. The minimum atomic E-state index is -4.24. The first kappa shape index (κ1) is 15.2. The number of hydrogen-bond acceptors (Lipinski definition) is 2. The van der Waals surface area contributed by atoms with Crippen molar-refractivity contribution < 1.29 is 23.0 Å². The number of halogens is 3. The Bertz CT molecular complexity index is 428. The smallest absolute Gasteiger partial charge is 0.392 e. The Morgan fingerprint density at radius 3 is 2.30 bits per heavy atom. The molecule has 1 aliphatic rings. The van der Waals surface area contributed by atoms with E-state index in [2.05, 4.69) is 0 Å². The van der Waals surface area contributed by atoms with Gasteiger partial charge >= 0.3 is 6.18 Å². The number of benzene rings is 1. The number of rotatable bonds is 3. The van der Waals surface area contributed by atoms with Crippen LogP contribution in [-0.4, -0.2) is 18.4 Å². The molecule has 5 heteroatoms. The van der Waals surface area contributed by atoms with E-state index in [0.717, 1.165) is 6.42 Å². The molecule has 1 aromatic rings. The van der Waals surface area contributed by atoms with Crippen molar-refractivity contribution in [1.82, 2.24) is 0 Å². The highest BCUT2D eigenvalue weighted by atomic mass is 19.4. The molecule has 3 atom stereocenters. The highest BCUT2D eigenvalue weighted by Crippen LogP contribution is 2.46. The molecule has 20 heavy (non-hydrogen) atoms. The summed E-state index contributed by atoms with van der Waals surface area (Å²) in [5.74, 6) is -1.54. The van der Waals surface area contributed by atoms with Crippen LogP contribution in [-0.2, 0) is 0 Å². The molecule has 1 aliphatic carbocycles. The molecule has 0 aliphatic heterocycles. The molecule has 0 radical (unpaired) electrons. The lowest BCUT2D eigenvalue weighted by Crippen LogP contribution is -2.36. The minimum absolute atomic E-state index is 0.112. The molecule has 1 aromatic carbocycles. The molecule has 3 unspecified atom stereocenters. The summed E-state index contributed by atoms with van der Waals surface area (Å²) < 4.78 is 44.2. The molecule has 1 saturated carbocycles. The molecule has 0 bridgehead atoms. The molecule has 112 valence electrons. The van der Waals surface area contributed by atoms with Crippen LogP contribution in [0.2, 0.25) is 0 Å². The van der Waals surface area contributed by atoms with Crippen molar-refractivity contribution in [1.29, 1.82) is 0 Å². The Morgan fingerprint density at radius 2 is 1.75 bits per heavy atom. The van der Waals surface area contributed by atoms with Crippen LogP contribution in [0.25, 0.3) is 0 Å². The number of ether oxygens (including phenoxy) is 1. The van der Waals surface area contributed by atoms with Gasteiger partial charge in [-0.25, -0.2) is 0 Å². The summed E-state index contributed by atoms with van der Waals surface area (Å²) >= 11 is 0. The molecule has 1 fully saturated rings. The van der Waals surface area contributed by atoms with Gasteiger partial charge in [-0.2, -0.15) is 13.2 Å². The first-order valence-electron chi connectivity index (χ1n) is 6.82. The normalized spacial score (nSPS) is 25.2. The Hall–Kier alpha value is -1.23. The average Bonchev–Trinajstić information content (AvgIpc) is 2.46. The SMILES string of the molecule is COc1ccc(C(O)C2CCCCC2C(F)(F)F)cc1. The topological polar surface area (TPSA) is 29.5 Å². The summed E-state index contributed by atoms with van der Waals surface area (Å²) in [7, 11) is 1.52. The van der Waals surface area contributed by atoms with Crippen molar-refractivity contribution in [3.63, 3.8) is 0 Å². The van der Waals surface area contributed by atoms with Gasteiger partial charge in [0.1, 0.15) is 5.75 Å². The molecule has 0 spiro atoms. The molecule has 0 aromatic heterocycles. The highest BCUT2D eigenvalue weighted by molar-refractivity contribution is 5.28. The van der Waals surface area contributed by atoms with E-state index in [1.165, 1.54) is 7.11 Å². The van der Waals surface area contributed by atoms with Crippen molar-refractivity contribution in [3.8, 4) is 5.75 Å². The van der Waals surface area contributed by atoms with Crippen molar-refractivity contribution >= 4 is 0 Å². The van der Waals surface area contributed by atoms with Crippen LogP contribution >= 0.6 is 0 Å². The molecule has 0 saturated heterocycles. The zero-order valence-electron chi connectivity index (χ0n) is 11.4. The lowest BCUT2D eigenvalue weighted by Gasteiger charge is -2.36. The van der Waals surface area contributed by atoms with Gasteiger partial charge in [0.25, 0.3) is 0 Å². The first-order chi connectivity index (χ1) is 9.43. The number of hydrogen-bond donors (Lipinski definition) is 1. The standard InChI is InChI=1S/C15H19F3O2/c1-20-11-8-6-10(7-9-11)14(19)12-4-2-3-5-13(12)15(16,17)18/h6-9,12-14,19H,2-5H2,1H3. The van der Waals surface area contributed by atoms with E-state index in [1.54, 1.807) is 24.3 Å². The van der Waals surface area contributed by atoms with Gasteiger partial charge in [-0.15, -0.1) is 0 Å². The second-order valence-electron chi connectivity index (χ2n) is 5.31. The third kappa shape index (κ3) is 3.26. The first-order valence-corrected chi connectivity index (χ1v) is 6.82. The largest absolute Gasteiger partial charge is 0.497 e. The van der Waals surface area contributed by atoms with Crippen LogP contribution in [0.4, 0.5) is 13.2 Å². The molecular formula is C15H19F3O2. The van der Waals surface area contributed by atoms with Crippen LogP contribution in [0.15, 0.2) is 24.3 Å². The van der Waals surface area contributed by atoms with Gasteiger partial charge < -0.3 is 9.84 Å². The zero-order chi connectivity index (χ0) is 14.8. The quantitative estimate of drug-likeness (QED) is 0.907. The van der Waals surface area contributed by atoms with Crippen molar-refractivity contribution in [3.05, 3.63) is 29.8 Å². The molecule has 2 rings (SSSR count). The Morgan fingerprint density at radius 1 is 1.15 bits per heavy atom. The Balaban J connectivity index is 2.18. The van der Waals surface area contributed by atoms with E-state index in [9.17, 15) is 18.3 Å². The minimum Gasteiger partial charge on any atom is -0.497 e. The second kappa shape index (κ2) is 6.04. The monoisotopic (exact) mass is 288 g/mol. The average molecular weight is 288 g/mol. The summed E-state index contributed by atoms with van der Waals surface area (Å²) in [5.41, 5.74) is 0.520. The van der Waals surface area contributed by atoms with Crippen molar-refractivity contribution in [2.75, 3.05) is 7.11 Å². The molecule has 0 heterocycles. The Kier molecular flexibility index (Phi) is 4.58. The van der Waals surface area contributed by atoms with Gasteiger partial charge in [0.15, 0.2) is 0 Å². The fraction of sp³-hybridized carbons (Fsp3) is 0.600. The van der Waals surface area contributed by atoms with E-state index < -0.39 is 24.1 Å². The van der Waals surface area contributed by atoms with Gasteiger partial charge in [0.05, 0.1) is 19.1 Å². The van der Waals surface area contributed by atoms with Gasteiger partial charge in [-0.05, 0) is 30.5 Å². The van der Waals surface area contributed by atoms with Crippen LogP contribution < -0.4 is 4.74 Å². The summed E-state index contributed by atoms with van der Waals surface area (Å²) in [6.07, 6.45) is -3.47. The summed E-state index contributed by atoms with van der Waals surface area (Å²) in [4.78, 5) is 0. The van der Waals surface area contributed by atoms with Crippen LogP contribution in [0, 0.1) is 11.8 Å². The summed E-state index contributed by atoms with van der Waals surface area (Å²) in [6.45, 7) is 0. The predicted molar refractivity (Wildman–Crippen MR) is 69.5 cm³/mol. The van der Waals surface area contributed by atoms with Gasteiger partial charge in [0.2, 0.25) is 0 Å². The number of aliphatic hydroxyl groups is 1. The third-order valence-electron chi connectivity index (χ3n) is 4.10. The van der Waals surface area contributed by atoms with E-state index in [0.29, 0.717) is 24.2 Å². The number of methoxy groups -OCH3 is 1.